The summed E-state index contributed by atoms with van der Waals surface area (Å²) in [5.74, 6) is 0.276. The minimum absolute atomic E-state index is 0.0192. The maximum absolute atomic E-state index is 13.0. The van der Waals surface area contributed by atoms with Gasteiger partial charge in [0.2, 0.25) is 11.8 Å². The third-order valence-electron chi connectivity index (χ3n) is 5.07. The van der Waals surface area contributed by atoms with Gasteiger partial charge in [0.15, 0.2) is 0 Å². The molecule has 0 saturated carbocycles. The zero-order valence-electron chi connectivity index (χ0n) is 19.4. The number of hydrogen-bond donors (Lipinski definition) is 2. The second-order valence-corrected chi connectivity index (χ2v) is 9.65. The van der Waals surface area contributed by atoms with E-state index >= 15 is 0 Å². The van der Waals surface area contributed by atoms with Gasteiger partial charge in [0.1, 0.15) is 11.6 Å². The standard InChI is InChI=1S/C24H37N3O4/c1-17(2)15-21(28)27-13-11-19(12-14-27)25-22(29)20(16-18-9-7-6-8-10-18)26-23(30)31-24(3,4)5/h6-10,17,19-20H,11-16H2,1-5H3,(H,25,29)(H,26,30). The van der Waals surface area contributed by atoms with Crippen molar-refractivity contribution in [1.29, 1.82) is 0 Å². The van der Waals surface area contributed by atoms with Crippen LogP contribution in [0.5, 0.6) is 0 Å². The molecule has 0 radical (unpaired) electrons. The van der Waals surface area contributed by atoms with Gasteiger partial charge in [0.05, 0.1) is 0 Å². The van der Waals surface area contributed by atoms with E-state index in [0.29, 0.717) is 44.7 Å². The Labute approximate surface area is 185 Å². The van der Waals surface area contributed by atoms with Crippen LogP contribution in [0.4, 0.5) is 4.79 Å². The van der Waals surface area contributed by atoms with Crippen molar-refractivity contribution >= 4 is 17.9 Å². The highest BCUT2D eigenvalue weighted by molar-refractivity contribution is 5.86. The maximum atomic E-state index is 13.0. The Morgan fingerprint density at radius 3 is 2.26 bits per heavy atom. The molecule has 2 rings (SSSR count). The van der Waals surface area contributed by atoms with Gasteiger partial charge in [-0.3, -0.25) is 9.59 Å². The molecule has 172 valence electrons. The molecule has 0 aromatic heterocycles. The molecule has 0 spiro atoms. The van der Waals surface area contributed by atoms with Gasteiger partial charge in [0, 0.05) is 32.0 Å². The van der Waals surface area contributed by atoms with Crippen molar-refractivity contribution in [2.45, 2.75) is 78.0 Å². The van der Waals surface area contributed by atoms with Crippen LogP contribution in [-0.4, -0.2) is 53.6 Å². The number of benzene rings is 1. The van der Waals surface area contributed by atoms with Crippen LogP contribution in [0.3, 0.4) is 0 Å². The molecule has 7 nitrogen and oxygen atoms in total. The second kappa shape index (κ2) is 11.2. The number of carbonyl (C=O) groups is 3. The van der Waals surface area contributed by atoms with E-state index in [1.165, 1.54) is 0 Å². The van der Waals surface area contributed by atoms with E-state index in [1.807, 2.05) is 49.1 Å². The summed E-state index contributed by atoms with van der Waals surface area (Å²) in [6.45, 7) is 10.7. The highest BCUT2D eigenvalue weighted by Gasteiger charge is 2.29. The van der Waals surface area contributed by atoms with Crippen molar-refractivity contribution in [2.24, 2.45) is 5.92 Å². The Balaban J connectivity index is 1.96. The Bertz CT molecular complexity index is 735. The van der Waals surface area contributed by atoms with E-state index in [0.717, 1.165) is 5.56 Å². The molecule has 0 aliphatic carbocycles. The number of rotatable bonds is 7. The van der Waals surface area contributed by atoms with E-state index in [-0.39, 0.29) is 17.9 Å². The molecular weight excluding hydrogens is 394 g/mol. The first-order valence-corrected chi connectivity index (χ1v) is 11.1. The second-order valence-electron chi connectivity index (χ2n) is 9.65. The quantitative estimate of drug-likeness (QED) is 0.694. The Morgan fingerprint density at radius 2 is 1.71 bits per heavy atom. The molecule has 1 aliphatic rings. The van der Waals surface area contributed by atoms with Crippen molar-refractivity contribution in [3.63, 3.8) is 0 Å². The molecule has 1 atom stereocenters. The first kappa shape index (κ1) is 24.7. The van der Waals surface area contributed by atoms with Crippen molar-refractivity contribution < 1.29 is 19.1 Å². The predicted octanol–water partition coefficient (Wildman–Crippen LogP) is 3.28. The lowest BCUT2D eigenvalue weighted by atomic mass is 10.0. The molecule has 1 fully saturated rings. The number of carbonyl (C=O) groups excluding carboxylic acids is 3. The zero-order valence-corrected chi connectivity index (χ0v) is 19.4. The molecular formula is C24H37N3O4. The lowest BCUT2D eigenvalue weighted by Gasteiger charge is -2.33. The van der Waals surface area contributed by atoms with Gasteiger partial charge in [-0.15, -0.1) is 0 Å². The summed E-state index contributed by atoms with van der Waals surface area (Å²) in [5, 5.41) is 5.78. The van der Waals surface area contributed by atoms with E-state index in [1.54, 1.807) is 20.8 Å². The summed E-state index contributed by atoms with van der Waals surface area (Å²) < 4.78 is 5.34. The fourth-order valence-electron chi connectivity index (χ4n) is 3.56. The van der Waals surface area contributed by atoms with Crippen LogP contribution < -0.4 is 10.6 Å². The summed E-state index contributed by atoms with van der Waals surface area (Å²) in [4.78, 5) is 39.5. The normalized spacial score (nSPS) is 16.0. The number of amides is 3. The van der Waals surface area contributed by atoms with E-state index in [9.17, 15) is 14.4 Å². The Hall–Kier alpha value is -2.57. The number of ether oxygens (including phenoxy) is 1. The van der Waals surface area contributed by atoms with Crippen molar-refractivity contribution in [1.82, 2.24) is 15.5 Å². The van der Waals surface area contributed by atoms with Gasteiger partial charge in [0.25, 0.3) is 0 Å². The van der Waals surface area contributed by atoms with Gasteiger partial charge < -0.3 is 20.3 Å². The van der Waals surface area contributed by atoms with Crippen LogP contribution in [0.15, 0.2) is 30.3 Å². The van der Waals surface area contributed by atoms with Gasteiger partial charge in [-0.05, 0) is 45.1 Å². The first-order chi connectivity index (χ1) is 14.5. The third-order valence-corrected chi connectivity index (χ3v) is 5.07. The highest BCUT2D eigenvalue weighted by atomic mass is 16.6. The lowest BCUT2D eigenvalue weighted by molar-refractivity contribution is -0.133. The Kier molecular flexibility index (Phi) is 8.89. The topological polar surface area (TPSA) is 87.7 Å². The predicted molar refractivity (Wildman–Crippen MR) is 121 cm³/mol. The summed E-state index contributed by atoms with van der Waals surface area (Å²) in [6, 6.07) is 8.82. The molecule has 7 heteroatoms. The summed E-state index contributed by atoms with van der Waals surface area (Å²) in [7, 11) is 0. The highest BCUT2D eigenvalue weighted by Crippen LogP contribution is 2.15. The largest absolute Gasteiger partial charge is 0.444 e. The number of alkyl carbamates (subject to hydrolysis) is 1. The number of hydrogen-bond acceptors (Lipinski definition) is 4. The van der Waals surface area contributed by atoms with E-state index < -0.39 is 17.7 Å². The molecule has 0 bridgehead atoms. The lowest BCUT2D eigenvalue weighted by Crippen LogP contribution is -2.54. The van der Waals surface area contributed by atoms with E-state index in [2.05, 4.69) is 10.6 Å². The van der Waals surface area contributed by atoms with Gasteiger partial charge in [-0.25, -0.2) is 4.79 Å². The Morgan fingerprint density at radius 1 is 1.10 bits per heavy atom. The number of piperidine rings is 1. The maximum Gasteiger partial charge on any atom is 0.408 e. The monoisotopic (exact) mass is 431 g/mol. The number of nitrogens with zero attached hydrogens (tertiary/aromatic N) is 1. The van der Waals surface area contributed by atoms with Crippen LogP contribution >= 0.6 is 0 Å². The average molecular weight is 432 g/mol. The van der Waals surface area contributed by atoms with Crippen molar-refractivity contribution in [3.05, 3.63) is 35.9 Å². The molecule has 1 aliphatic heterocycles. The van der Waals surface area contributed by atoms with Gasteiger partial charge in [-0.1, -0.05) is 44.2 Å². The molecule has 1 aromatic carbocycles. The van der Waals surface area contributed by atoms with Gasteiger partial charge in [-0.2, -0.15) is 0 Å². The van der Waals surface area contributed by atoms with Gasteiger partial charge >= 0.3 is 6.09 Å². The van der Waals surface area contributed by atoms with Crippen LogP contribution in [0.2, 0.25) is 0 Å². The van der Waals surface area contributed by atoms with Crippen LogP contribution in [-0.2, 0) is 20.7 Å². The summed E-state index contributed by atoms with van der Waals surface area (Å²) in [5.41, 5.74) is 0.306. The minimum Gasteiger partial charge on any atom is -0.444 e. The molecule has 31 heavy (non-hydrogen) atoms. The average Bonchev–Trinajstić information content (AvgIpc) is 2.67. The molecule has 2 N–H and O–H groups in total. The SMILES string of the molecule is CC(C)CC(=O)N1CCC(NC(=O)C(Cc2ccccc2)NC(=O)OC(C)(C)C)CC1. The number of nitrogens with one attached hydrogen (secondary N) is 2. The smallest absolute Gasteiger partial charge is 0.408 e. The third kappa shape index (κ3) is 8.99. The van der Waals surface area contributed by atoms with E-state index in [4.69, 9.17) is 4.74 Å². The molecule has 1 saturated heterocycles. The van der Waals surface area contributed by atoms with Crippen molar-refractivity contribution in [3.8, 4) is 0 Å². The number of likely N-dealkylation sites (tertiary alicyclic amines) is 1. The van der Waals surface area contributed by atoms with Crippen LogP contribution in [0.1, 0.15) is 59.4 Å². The van der Waals surface area contributed by atoms with Crippen LogP contribution in [0.25, 0.3) is 0 Å². The van der Waals surface area contributed by atoms with Crippen molar-refractivity contribution in [2.75, 3.05) is 13.1 Å². The molecule has 3 amide bonds. The summed E-state index contributed by atoms with van der Waals surface area (Å²) in [6.07, 6.45) is 1.73. The molecule has 1 heterocycles. The fraction of sp³-hybridized carbons (Fsp3) is 0.625. The fourth-order valence-corrected chi connectivity index (χ4v) is 3.56. The summed E-state index contributed by atoms with van der Waals surface area (Å²) >= 11 is 0. The van der Waals surface area contributed by atoms with Crippen LogP contribution in [0, 0.1) is 5.92 Å². The zero-order chi connectivity index (χ0) is 23.0. The molecule has 1 unspecified atom stereocenters. The minimum atomic E-state index is -0.738. The molecule has 1 aromatic rings. The first-order valence-electron chi connectivity index (χ1n) is 11.1.